The molecule has 4 nitrogen and oxygen atoms in total. The maximum absolute atomic E-state index is 12.7. The first-order valence-corrected chi connectivity index (χ1v) is 6.38. The quantitative estimate of drug-likeness (QED) is 0.847. The number of anilines is 1. The van der Waals surface area contributed by atoms with E-state index in [0.717, 1.165) is 10.9 Å². The lowest BCUT2D eigenvalue weighted by Gasteiger charge is -2.25. The molecule has 2 rings (SSSR count). The zero-order chi connectivity index (χ0) is 14.5. The number of nitrogens with zero attached hydrogens (tertiary/aromatic N) is 2. The molecule has 1 aromatic heterocycles. The van der Waals surface area contributed by atoms with Crippen molar-refractivity contribution < 1.29 is 13.9 Å². The van der Waals surface area contributed by atoms with Crippen molar-refractivity contribution in [3.8, 4) is 0 Å². The molecular weight excluding hydrogens is 264 g/mol. The van der Waals surface area contributed by atoms with Crippen LogP contribution in [0, 0.1) is 0 Å². The molecule has 0 radical (unpaired) electrons. The van der Waals surface area contributed by atoms with Gasteiger partial charge in [-0.3, -0.25) is 0 Å². The summed E-state index contributed by atoms with van der Waals surface area (Å²) < 4.78 is 25.3. The van der Waals surface area contributed by atoms with E-state index in [-0.39, 0.29) is 19.7 Å². The molecular formula is C14H17F2N3O. The minimum atomic E-state index is -2.50. The van der Waals surface area contributed by atoms with Gasteiger partial charge in [0.2, 0.25) is 0 Å². The molecule has 0 aliphatic carbocycles. The summed E-state index contributed by atoms with van der Waals surface area (Å²) in [5.41, 5.74) is 7.10. The lowest BCUT2D eigenvalue weighted by molar-refractivity contribution is 0.152. The molecule has 108 valence electrons. The summed E-state index contributed by atoms with van der Waals surface area (Å²) in [7, 11) is 0. The number of benzene rings is 1. The summed E-state index contributed by atoms with van der Waals surface area (Å²) in [5.74, 6) is 0.417. The predicted octanol–water partition coefficient (Wildman–Crippen LogP) is 1.76. The second-order valence-electron chi connectivity index (χ2n) is 4.43. The van der Waals surface area contributed by atoms with Crippen molar-refractivity contribution >= 4 is 16.7 Å². The third-order valence-electron chi connectivity index (χ3n) is 3.03. The minimum absolute atomic E-state index is 0.0999. The van der Waals surface area contributed by atoms with Crippen LogP contribution in [0.4, 0.5) is 14.6 Å². The van der Waals surface area contributed by atoms with Gasteiger partial charge >= 0.3 is 0 Å². The van der Waals surface area contributed by atoms with Crippen molar-refractivity contribution in [2.24, 2.45) is 5.73 Å². The molecule has 1 aromatic carbocycles. The number of fused-ring (bicyclic) bond motifs is 1. The van der Waals surface area contributed by atoms with Crippen LogP contribution in [0.5, 0.6) is 0 Å². The molecule has 0 atom stereocenters. The van der Waals surface area contributed by atoms with E-state index in [1.165, 1.54) is 4.90 Å². The van der Waals surface area contributed by atoms with Crippen molar-refractivity contribution in [1.29, 1.82) is 0 Å². The first-order valence-electron chi connectivity index (χ1n) is 6.38. The number of aromatic nitrogens is 1. The standard InChI is InChI=1S/C14H17F2N3O/c15-13(16)9-19(5-6-20)14-11(8-17)7-10-3-1-2-4-12(10)18-14/h1-4,7,13,20H,5-6,8-9,17H2. The second kappa shape index (κ2) is 6.58. The summed E-state index contributed by atoms with van der Waals surface area (Å²) in [4.78, 5) is 5.79. The molecule has 1 heterocycles. The maximum Gasteiger partial charge on any atom is 0.255 e. The van der Waals surface area contributed by atoms with Crippen LogP contribution >= 0.6 is 0 Å². The summed E-state index contributed by atoms with van der Waals surface area (Å²) in [6, 6.07) is 9.29. The van der Waals surface area contributed by atoms with E-state index >= 15 is 0 Å². The van der Waals surface area contributed by atoms with Gasteiger partial charge in [0, 0.05) is 24.0 Å². The van der Waals surface area contributed by atoms with Crippen LogP contribution in [0.3, 0.4) is 0 Å². The number of aliphatic hydroxyl groups excluding tert-OH is 1. The third kappa shape index (κ3) is 3.20. The maximum atomic E-state index is 12.7. The van der Waals surface area contributed by atoms with E-state index in [4.69, 9.17) is 10.8 Å². The molecule has 0 amide bonds. The topological polar surface area (TPSA) is 62.4 Å². The highest BCUT2D eigenvalue weighted by Gasteiger charge is 2.17. The molecule has 0 aliphatic heterocycles. The monoisotopic (exact) mass is 281 g/mol. The Bertz CT molecular complexity index is 577. The largest absolute Gasteiger partial charge is 0.395 e. The predicted molar refractivity (Wildman–Crippen MR) is 74.9 cm³/mol. The Balaban J connectivity index is 2.48. The molecule has 0 fully saturated rings. The Labute approximate surface area is 115 Å². The fourth-order valence-corrected chi connectivity index (χ4v) is 2.14. The van der Waals surface area contributed by atoms with Gasteiger partial charge in [0.15, 0.2) is 0 Å². The average molecular weight is 281 g/mol. The number of pyridine rings is 1. The van der Waals surface area contributed by atoms with E-state index < -0.39 is 13.0 Å². The molecule has 0 saturated carbocycles. The van der Waals surface area contributed by atoms with Crippen molar-refractivity contribution in [2.45, 2.75) is 13.0 Å². The molecule has 3 N–H and O–H groups in total. The molecule has 0 spiro atoms. The molecule has 0 bridgehead atoms. The third-order valence-corrected chi connectivity index (χ3v) is 3.03. The second-order valence-corrected chi connectivity index (χ2v) is 4.43. The SMILES string of the molecule is NCc1cc2ccccc2nc1N(CCO)CC(F)F. The summed E-state index contributed by atoms with van der Waals surface area (Å²) in [6.07, 6.45) is -2.50. The number of aliphatic hydroxyl groups is 1. The van der Waals surface area contributed by atoms with Gasteiger partial charge < -0.3 is 15.7 Å². The molecule has 2 aromatic rings. The first-order chi connectivity index (χ1) is 9.65. The normalized spacial score (nSPS) is 11.2. The number of alkyl halides is 2. The number of rotatable bonds is 6. The number of para-hydroxylation sites is 1. The van der Waals surface area contributed by atoms with Gasteiger partial charge in [0.1, 0.15) is 5.82 Å². The van der Waals surface area contributed by atoms with Crippen LogP contribution in [0.2, 0.25) is 0 Å². The zero-order valence-electron chi connectivity index (χ0n) is 11.0. The van der Waals surface area contributed by atoms with Crippen molar-refractivity contribution in [3.05, 3.63) is 35.9 Å². The molecule has 0 aliphatic rings. The van der Waals surface area contributed by atoms with Gasteiger partial charge in [-0.2, -0.15) is 0 Å². The van der Waals surface area contributed by atoms with Gasteiger partial charge in [0.05, 0.1) is 18.7 Å². The van der Waals surface area contributed by atoms with E-state index in [0.29, 0.717) is 11.4 Å². The van der Waals surface area contributed by atoms with Crippen molar-refractivity contribution in [2.75, 3.05) is 24.6 Å². The number of nitrogens with two attached hydrogens (primary N) is 1. The van der Waals surface area contributed by atoms with Gasteiger partial charge in [-0.05, 0) is 12.1 Å². The van der Waals surface area contributed by atoms with Crippen LogP contribution in [-0.2, 0) is 6.54 Å². The fourth-order valence-electron chi connectivity index (χ4n) is 2.14. The smallest absolute Gasteiger partial charge is 0.255 e. The molecule has 20 heavy (non-hydrogen) atoms. The van der Waals surface area contributed by atoms with Gasteiger partial charge in [-0.15, -0.1) is 0 Å². The van der Waals surface area contributed by atoms with Gasteiger partial charge in [0.25, 0.3) is 6.43 Å². The Kier molecular flexibility index (Phi) is 4.81. The van der Waals surface area contributed by atoms with Crippen LogP contribution in [0.15, 0.2) is 30.3 Å². The highest BCUT2D eigenvalue weighted by atomic mass is 19.3. The van der Waals surface area contributed by atoms with E-state index in [1.54, 1.807) is 0 Å². The Hall–Kier alpha value is -1.79. The fraction of sp³-hybridized carbons (Fsp3) is 0.357. The van der Waals surface area contributed by atoms with Crippen LogP contribution in [0.1, 0.15) is 5.56 Å². The lowest BCUT2D eigenvalue weighted by Crippen LogP contribution is -2.33. The lowest BCUT2D eigenvalue weighted by atomic mass is 10.1. The Morgan fingerprint density at radius 3 is 2.70 bits per heavy atom. The van der Waals surface area contributed by atoms with Gasteiger partial charge in [-0.1, -0.05) is 18.2 Å². The van der Waals surface area contributed by atoms with Crippen LogP contribution in [-0.4, -0.2) is 36.2 Å². The highest BCUT2D eigenvalue weighted by Crippen LogP contribution is 2.23. The molecule has 0 saturated heterocycles. The molecule has 0 unspecified atom stereocenters. The number of hydrogen-bond acceptors (Lipinski definition) is 4. The minimum Gasteiger partial charge on any atom is -0.395 e. The Morgan fingerprint density at radius 2 is 2.05 bits per heavy atom. The number of hydrogen-bond donors (Lipinski definition) is 2. The van der Waals surface area contributed by atoms with E-state index in [2.05, 4.69) is 4.98 Å². The van der Waals surface area contributed by atoms with E-state index in [9.17, 15) is 8.78 Å². The van der Waals surface area contributed by atoms with Crippen molar-refractivity contribution in [1.82, 2.24) is 4.98 Å². The van der Waals surface area contributed by atoms with Crippen LogP contribution < -0.4 is 10.6 Å². The summed E-state index contributed by atoms with van der Waals surface area (Å²) >= 11 is 0. The number of halogens is 2. The summed E-state index contributed by atoms with van der Waals surface area (Å²) in [5, 5.41) is 9.96. The van der Waals surface area contributed by atoms with Gasteiger partial charge in [-0.25, -0.2) is 13.8 Å². The highest BCUT2D eigenvalue weighted by molar-refractivity contribution is 5.81. The zero-order valence-corrected chi connectivity index (χ0v) is 11.0. The average Bonchev–Trinajstić information content (AvgIpc) is 2.45. The first kappa shape index (κ1) is 14.6. The molecule has 6 heteroatoms. The van der Waals surface area contributed by atoms with E-state index in [1.807, 2.05) is 30.3 Å². The van der Waals surface area contributed by atoms with Crippen LogP contribution in [0.25, 0.3) is 10.9 Å². The Morgan fingerprint density at radius 1 is 1.30 bits per heavy atom. The summed E-state index contributed by atoms with van der Waals surface area (Å²) in [6.45, 7) is -0.384. The van der Waals surface area contributed by atoms with Crippen molar-refractivity contribution in [3.63, 3.8) is 0 Å².